The molecule has 1 N–H and O–H groups in total. The molecule has 102 valence electrons. The van der Waals surface area contributed by atoms with E-state index in [1.807, 2.05) is 18.4 Å². The van der Waals surface area contributed by atoms with E-state index in [1.54, 1.807) is 11.3 Å². The molecule has 5 heteroatoms. The van der Waals surface area contributed by atoms with Gasteiger partial charge in [-0.05, 0) is 46.6 Å². The van der Waals surface area contributed by atoms with E-state index < -0.39 is 11.6 Å². The fourth-order valence-electron chi connectivity index (χ4n) is 1.94. The second kappa shape index (κ2) is 6.59. The largest absolute Gasteiger partial charge is 0.309 e. The highest BCUT2D eigenvalue weighted by Crippen LogP contribution is 2.28. The molecule has 0 spiro atoms. The SMILES string of the molecule is CCNC(Cc1ccc(F)cc1F)c1cc(Br)cs1. The standard InChI is InChI=1S/C14H14BrF2NS/c1-2-18-13(14-6-10(15)8-19-14)5-9-3-4-11(16)7-12(9)17/h3-4,6-8,13,18H,2,5H2,1H3. The molecular formula is C14H14BrF2NS. The molecule has 0 saturated carbocycles. The average molecular weight is 346 g/mol. The molecular weight excluding hydrogens is 332 g/mol. The lowest BCUT2D eigenvalue weighted by atomic mass is 10.0. The number of hydrogen-bond acceptors (Lipinski definition) is 2. The molecule has 1 aromatic carbocycles. The quantitative estimate of drug-likeness (QED) is 0.829. The number of nitrogens with one attached hydrogen (secondary N) is 1. The van der Waals surface area contributed by atoms with Crippen LogP contribution in [0.15, 0.2) is 34.1 Å². The van der Waals surface area contributed by atoms with Crippen LogP contribution in [0.3, 0.4) is 0 Å². The molecule has 0 radical (unpaired) electrons. The number of hydrogen-bond donors (Lipinski definition) is 1. The average Bonchev–Trinajstić information content (AvgIpc) is 2.78. The van der Waals surface area contributed by atoms with Crippen molar-refractivity contribution in [1.82, 2.24) is 5.32 Å². The van der Waals surface area contributed by atoms with Crippen molar-refractivity contribution in [1.29, 1.82) is 0 Å². The van der Waals surface area contributed by atoms with E-state index in [1.165, 1.54) is 12.1 Å². The molecule has 0 aliphatic carbocycles. The Bertz CT molecular complexity index is 556. The summed E-state index contributed by atoms with van der Waals surface area (Å²) in [6, 6.07) is 5.81. The summed E-state index contributed by atoms with van der Waals surface area (Å²) in [5.41, 5.74) is 0.525. The third-order valence-corrected chi connectivity index (χ3v) is 4.63. The highest BCUT2D eigenvalue weighted by atomic mass is 79.9. The van der Waals surface area contributed by atoms with Crippen LogP contribution in [0.5, 0.6) is 0 Å². The van der Waals surface area contributed by atoms with Gasteiger partial charge in [0.15, 0.2) is 0 Å². The molecule has 1 aromatic heterocycles. The van der Waals surface area contributed by atoms with Gasteiger partial charge in [0.1, 0.15) is 11.6 Å². The molecule has 1 nitrogen and oxygen atoms in total. The van der Waals surface area contributed by atoms with E-state index >= 15 is 0 Å². The molecule has 1 unspecified atom stereocenters. The van der Waals surface area contributed by atoms with Crippen LogP contribution in [0.4, 0.5) is 8.78 Å². The van der Waals surface area contributed by atoms with Crippen molar-refractivity contribution in [3.8, 4) is 0 Å². The second-order valence-corrected chi connectivity index (χ2v) is 6.08. The summed E-state index contributed by atoms with van der Waals surface area (Å²) in [5.74, 6) is -1.03. The van der Waals surface area contributed by atoms with Crippen LogP contribution in [-0.2, 0) is 6.42 Å². The molecule has 0 aliphatic heterocycles. The fraction of sp³-hybridized carbons (Fsp3) is 0.286. The minimum Gasteiger partial charge on any atom is -0.309 e. The Labute approximate surface area is 123 Å². The van der Waals surface area contributed by atoms with Crippen molar-refractivity contribution < 1.29 is 8.78 Å². The van der Waals surface area contributed by atoms with Gasteiger partial charge in [0.2, 0.25) is 0 Å². The Morgan fingerprint density at radius 3 is 2.68 bits per heavy atom. The van der Waals surface area contributed by atoms with Crippen molar-refractivity contribution in [3.63, 3.8) is 0 Å². The molecule has 2 aromatic rings. The third kappa shape index (κ3) is 3.84. The zero-order valence-electron chi connectivity index (χ0n) is 10.4. The van der Waals surface area contributed by atoms with Gasteiger partial charge in [-0.2, -0.15) is 0 Å². The maximum absolute atomic E-state index is 13.7. The first-order valence-corrected chi connectivity index (χ1v) is 7.68. The highest BCUT2D eigenvalue weighted by Gasteiger charge is 2.15. The van der Waals surface area contributed by atoms with E-state index in [-0.39, 0.29) is 6.04 Å². The Morgan fingerprint density at radius 1 is 1.32 bits per heavy atom. The van der Waals surface area contributed by atoms with Crippen LogP contribution in [0.2, 0.25) is 0 Å². The summed E-state index contributed by atoms with van der Waals surface area (Å²) in [5, 5.41) is 5.33. The van der Waals surface area contributed by atoms with E-state index in [4.69, 9.17) is 0 Å². The van der Waals surface area contributed by atoms with Crippen molar-refractivity contribution in [2.24, 2.45) is 0 Å². The molecule has 1 heterocycles. The van der Waals surface area contributed by atoms with Gasteiger partial charge in [-0.25, -0.2) is 8.78 Å². The number of halogens is 3. The summed E-state index contributed by atoms with van der Waals surface area (Å²) in [6.45, 7) is 2.81. The Morgan fingerprint density at radius 2 is 2.11 bits per heavy atom. The molecule has 0 fully saturated rings. The van der Waals surface area contributed by atoms with E-state index in [0.717, 1.165) is 22.0 Å². The predicted octanol–water partition coefficient (Wildman–Crippen LogP) is 4.68. The third-order valence-electron chi connectivity index (χ3n) is 2.82. The molecule has 19 heavy (non-hydrogen) atoms. The number of likely N-dealkylation sites (N-methyl/N-ethyl adjacent to an activating group) is 1. The second-order valence-electron chi connectivity index (χ2n) is 4.22. The Balaban J connectivity index is 2.21. The van der Waals surface area contributed by atoms with Gasteiger partial charge < -0.3 is 5.32 Å². The summed E-state index contributed by atoms with van der Waals surface area (Å²) in [4.78, 5) is 1.14. The van der Waals surface area contributed by atoms with Crippen LogP contribution in [0.25, 0.3) is 0 Å². The van der Waals surface area contributed by atoms with Crippen LogP contribution in [0, 0.1) is 11.6 Å². The summed E-state index contributed by atoms with van der Waals surface area (Å²) in [6.07, 6.45) is 0.507. The van der Waals surface area contributed by atoms with Gasteiger partial charge in [0.05, 0.1) is 0 Å². The van der Waals surface area contributed by atoms with E-state index in [2.05, 4.69) is 21.2 Å². The van der Waals surface area contributed by atoms with Gasteiger partial charge in [0.25, 0.3) is 0 Å². The van der Waals surface area contributed by atoms with Gasteiger partial charge in [-0.3, -0.25) is 0 Å². The first-order chi connectivity index (χ1) is 9.10. The molecule has 0 aliphatic rings. The van der Waals surface area contributed by atoms with Crippen molar-refractivity contribution in [3.05, 3.63) is 56.2 Å². The lowest BCUT2D eigenvalue weighted by Crippen LogP contribution is -2.22. The first-order valence-electron chi connectivity index (χ1n) is 6.01. The topological polar surface area (TPSA) is 12.0 Å². The zero-order valence-corrected chi connectivity index (χ0v) is 12.8. The first kappa shape index (κ1) is 14.6. The normalized spacial score (nSPS) is 12.6. The predicted molar refractivity (Wildman–Crippen MR) is 78.5 cm³/mol. The zero-order chi connectivity index (χ0) is 13.8. The van der Waals surface area contributed by atoms with Crippen molar-refractivity contribution in [2.45, 2.75) is 19.4 Å². The maximum atomic E-state index is 13.7. The summed E-state index contributed by atoms with van der Waals surface area (Å²) in [7, 11) is 0. The van der Waals surface area contributed by atoms with Crippen LogP contribution in [-0.4, -0.2) is 6.54 Å². The lowest BCUT2D eigenvalue weighted by Gasteiger charge is -2.17. The molecule has 2 rings (SSSR count). The Kier molecular flexibility index (Phi) is 5.07. The summed E-state index contributed by atoms with van der Waals surface area (Å²) < 4.78 is 27.6. The molecule has 0 bridgehead atoms. The van der Waals surface area contributed by atoms with Crippen molar-refractivity contribution >= 4 is 27.3 Å². The number of thiophene rings is 1. The molecule has 0 saturated heterocycles. The van der Waals surface area contributed by atoms with Gasteiger partial charge in [0, 0.05) is 26.8 Å². The number of rotatable bonds is 5. The minimum absolute atomic E-state index is 0.0428. The lowest BCUT2D eigenvalue weighted by molar-refractivity contribution is 0.526. The number of benzene rings is 1. The highest BCUT2D eigenvalue weighted by molar-refractivity contribution is 9.10. The van der Waals surface area contributed by atoms with E-state index in [0.29, 0.717) is 12.0 Å². The van der Waals surface area contributed by atoms with Crippen LogP contribution >= 0.6 is 27.3 Å². The van der Waals surface area contributed by atoms with Crippen molar-refractivity contribution in [2.75, 3.05) is 6.54 Å². The fourth-order valence-corrected chi connectivity index (χ4v) is 3.46. The molecule has 1 atom stereocenters. The Hall–Kier alpha value is -0.780. The van der Waals surface area contributed by atoms with Gasteiger partial charge in [-0.1, -0.05) is 13.0 Å². The maximum Gasteiger partial charge on any atom is 0.129 e. The molecule has 0 amide bonds. The van der Waals surface area contributed by atoms with Crippen LogP contribution in [0.1, 0.15) is 23.4 Å². The monoisotopic (exact) mass is 345 g/mol. The van der Waals surface area contributed by atoms with Gasteiger partial charge in [-0.15, -0.1) is 11.3 Å². The van der Waals surface area contributed by atoms with E-state index in [9.17, 15) is 8.78 Å². The summed E-state index contributed by atoms with van der Waals surface area (Å²) >= 11 is 5.04. The van der Waals surface area contributed by atoms with Crippen LogP contribution < -0.4 is 5.32 Å². The van der Waals surface area contributed by atoms with Gasteiger partial charge >= 0.3 is 0 Å². The minimum atomic E-state index is -0.542. The smallest absolute Gasteiger partial charge is 0.129 e.